The molecule has 0 spiro atoms. The zero-order chi connectivity index (χ0) is 15.6. The number of nitrogens with zero attached hydrogens (tertiary/aromatic N) is 1. The van der Waals surface area contributed by atoms with E-state index in [4.69, 9.17) is 17.3 Å². The Morgan fingerprint density at radius 1 is 1.24 bits per heavy atom. The van der Waals surface area contributed by atoms with Crippen molar-refractivity contribution in [3.63, 3.8) is 0 Å². The lowest BCUT2D eigenvalue weighted by atomic mass is 10.1. The van der Waals surface area contributed by atoms with Crippen LogP contribution in [0.1, 0.15) is 15.9 Å². The zero-order valence-electron chi connectivity index (χ0n) is 11.2. The third kappa shape index (κ3) is 3.31. The lowest BCUT2D eigenvalue weighted by molar-refractivity contribution is 0.0785. The topological polar surface area (TPSA) is 46.3 Å². The summed E-state index contributed by atoms with van der Waals surface area (Å²) in [5.74, 6) is -2.22. The summed E-state index contributed by atoms with van der Waals surface area (Å²) < 4.78 is 26.0. The van der Waals surface area contributed by atoms with Crippen molar-refractivity contribution in [3.05, 3.63) is 64.2 Å². The standard InChI is InChI=1S/C15H13ClF2N2O/c1-20(8-9-5-6-11(17)12(18)7-9)15(21)10-3-2-4-13(19)14(10)16/h2-7H,8,19H2,1H3. The molecule has 0 radical (unpaired) electrons. The molecule has 2 aromatic rings. The number of nitrogen functional groups attached to an aromatic ring is 1. The molecule has 2 aromatic carbocycles. The van der Waals surface area contributed by atoms with Crippen molar-refractivity contribution in [1.82, 2.24) is 4.90 Å². The first-order valence-corrected chi connectivity index (χ1v) is 6.51. The van der Waals surface area contributed by atoms with E-state index in [-0.39, 0.29) is 23.0 Å². The number of halogens is 3. The number of carbonyl (C=O) groups excluding carboxylic acids is 1. The van der Waals surface area contributed by atoms with Crippen molar-refractivity contribution in [1.29, 1.82) is 0 Å². The van der Waals surface area contributed by atoms with Crippen LogP contribution < -0.4 is 5.73 Å². The molecule has 0 aliphatic rings. The van der Waals surface area contributed by atoms with E-state index in [0.29, 0.717) is 11.3 Å². The Bertz CT molecular complexity index is 691. The highest BCUT2D eigenvalue weighted by Gasteiger charge is 2.17. The Balaban J connectivity index is 2.19. The third-order valence-corrected chi connectivity index (χ3v) is 3.43. The monoisotopic (exact) mass is 310 g/mol. The van der Waals surface area contributed by atoms with Crippen molar-refractivity contribution in [2.75, 3.05) is 12.8 Å². The maximum Gasteiger partial charge on any atom is 0.255 e. The van der Waals surface area contributed by atoms with Gasteiger partial charge in [-0.2, -0.15) is 0 Å². The molecule has 1 amide bonds. The molecule has 3 nitrogen and oxygen atoms in total. The molecular formula is C15H13ClF2N2O. The molecule has 6 heteroatoms. The zero-order valence-corrected chi connectivity index (χ0v) is 12.0. The van der Waals surface area contributed by atoms with Crippen LogP contribution in [0.3, 0.4) is 0 Å². The molecule has 21 heavy (non-hydrogen) atoms. The first-order valence-electron chi connectivity index (χ1n) is 6.13. The largest absolute Gasteiger partial charge is 0.398 e. The molecule has 110 valence electrons. The van der Waals surface area contributed by atoms with Crippen LogP contribution in [0.15, 0.2) is 36.4 Å². The highest BCUT2D eigenvalue weighted by molar-refractivity contribution is 6.36. The predicted octanol–water partition coefficient (Wildman–Crippen LogP) is 3.47. The summed E-state index contributed by atoms with van der Waals surface area (Å²) in [4.78, 5) is 13.6. The van der Waals surface area contributed by atoms with E-state index in [1.165, 1.54) is 11.0 Å². The second-order valence-corrected chi connectivity index (χ2v) is 5.00. The van der Waals surface area contributed by atoms with Gasteiger partial charge in [0.2, 0.25) is 0 Å². The van der Waals surface area contributed by atoms with Gasteiger partial charge in [-0.3, -0.25) is 4.79 Å². The first kappa shape index (κ1) is 15.3. The Kier molecular flexibility index (Phi) is 4.43. The summed E-state index contributed by atoms with van der Waals surface area (Å²) in [6.45, 7) is 0.126. The van der Waals surface area contributed by atoms with E-state index in [1.807, 2.05) is 0 Å². The second kappa shape index (κ2) is 6.10. The van der Waals surface area contributed by atoms with Crippen LogP contribution in [0.4, 0.5) is 14.5 Å². The van der Waals surface area contributed by atoms with Crippen molar-refractivity contribution in [2.24, 2.45) is 0 Å². The average molecular weight is 311 g/mol. The Hall–Kier alpha value is -2.14. The highest BCUT2D eigenvalue weighted by atomic mass is 35.5. The minimum Gasteiger partial charge on any atom is -0.398 e. The number of nitrogens with two attached hydrogens (primary N) is 1. The smallest absolute Gasteiger partial charge is 0.255 e. The highest BCUT2D eigenvalue weighted by Crippen LogP contribution is 2.24. The van der Waals surface area contributed by atoms with Crippen LogP contribution in [0.25, 0.3) is 0 Å². The minimum absolute atomic E-state index is 0.126. The average Bonchev–Trinajstić information content (AvgIpc) is 2.45. The molecular weight excluding hydrogens is 298 g/mol. The lowest BCUT2D eigenvalue weighted by Crippen LogP contribution is -2.26. The van der Waals surface area contributed by atoms with Crippen molar-refractivity contribution in [3.8, 4) is 0 Å². The molecule has 0 heterocycles. The van der Waals surface area contributed by atoms with Crippen LogP contribution in [0.2, 0.25) is 5.02 Å². The van der Waals surface area contributed by atoms with Gasteiger partial charge in [0.1, 0.15) is 0 Å². The molecule has 0 fully saturated rings. The molecule has 0 saturated heterocycles. The van der Waals surface area contributed by atoms with Gasteiger partial charge in [-0.25, -0.2) is 8.78 Å². The minimum atomic E-state index is -0.949. The quantitative estimate of drug-likeness (QED) is 0.882. The maximum atomic E-state index is 13.2. The number of hydrogen-bond acceptors (Lipinski definition) is 2. The fraction of sp³-hybridized carbons (Fsp3) is 0.133. The molecule has 0 aromatic heterocycles. The number of rotatable bonds is 3. The van der Waals surface area contributed by atoms with E-state index in [0.717, 1.165) is 12.1 Å². The molecule has 2 rings (SSSR count). The molecule has 0 aliphatic heterocycles. The number of benzene rings is 2. The summed E-state index contributed by atoms with van der Waals surface area (Å²) in [6, 6.07) is 8.27. The van der Waals surface area contributed by atoms with Gasteiger partial charge in [0, 0.05) is 13.6 Å². The first-order chi connectivity index (χ1) is 9.90. The molecule has 0 aliphatic carbocycles. The van der Waals surface area contributed by atoms with Gasteiger partial charge in [0.25, 0.3) is 5.91 Å². The van der Waals surface area contributed by atoms with Crippen molar-refractivity contribution < 1.29 is 13.6 Å². The summed E-state index contributed by atoms with van der Waals surface area (Å²) in [5.41, 5.74) is 6.70. The summed E-state index contributed by atoms with van der Waals surface area (Å²) >= 11 is 6.00. The predicted molar refractivity (Wildman–Crippen MR) is 78.0 cm³/mol. The van der Waals surface area contributed by atoms with E-state index in [9.17, 15) is 13.6 Å². The number of hydrogen-bond donors (Lipinski definition) is 1. The van der Waals surface area contributed by atoms with Crippen molar-refractivity contribution >= 4 is 23.2 Å². The van der Waals surface area contributed by atoms with E-state index < -0.39 is 11.6 Å². The van der Waals surface area contributed by atoms with E-state index in [2.05, 4.69) is 0 Å². The summed E-state index contributed by atoms with van der Waals surface area (Å²) in [6.07, 6.45) is 0. The van der Waals surface area contributed by atoms with E-state index in [1.54, 1.807) is 25.2 Å². The van der Waals surface area contributed by atoms with Gasteiger partial charge >= 0.3 is 0 Å². The number of anilines is 1. The van der Waals surface area contributed by atoms with Gasteiger partial charge in [-0.05, 0) is 29.8 Å². The summed E-state index contributed by atoms with van der Waals surface area (Å²) in [7, 11) is 1.54. The maximum absolute atomic E-state index is 13.2. The molecule has 2 N–H and O–H groups in total. The Labute approximate surface area is 125 Å². The van der Waals surface area contributed by atoms with Crippen LogP contribution in [-0.2, 0) is 6.54 Å². The van der Waals surface area contributed by atoms with Crippen molar-refractivity contribution in [2.45, 2.75) is 6.54 Å². The summed E-state index contributed by atoms with van der Waals surface area (Å²) in [5, 5.41) is 0.180. The van der Waals surface area contributed by atoms with Gasteiger partial charge in [0.15, 0.2) is 11.6 Å². The van der Waals surface area contributed by atoms with Gasteiger partial charge in [-0.15, -0.1) is 0 Å². The van der Waals surface area contributed by atoms with Gasteiger partial charge < -0.3 is 10.6 Å². The molecule has 0 bridgehead atoms. The fourth-order valence-electron chi connectivity index (χ4n) is 1.90. The lowest BCUT2D eigenvalue weighted by Gasteiger charge is -2.18. The molecule has 0 unspecified atom stereocenters. The van der Waals surface area contributed by atoms with Crippen LogP contribution in [-0.4, -0.2) is 17.9 Å². The third-order valence-electron chi connectivity index (χ3n) is 3.01. The van der Waals surface area contributed by atoms with Crippen LogP contribution in [0.5, 0.6) is 0 Å². The Morgan fingerprint density at radius 3 is 2.62 bits per heavy atom. The van der Waals surface area contributed by atoms with Crippen LogP contribution >= 0.6 is 11.6 Å². The second-order valence-electron chi connectivity index (χ2n) is 4.62. The van der Waals surface area contributed by atoms with Gasteiger partial charge in [-0.1, -0.05) is 23.7 Å². The van der Waals surface area contributed by atoms with E-state index >= 15 is 0 Å². The van der Waals surface area contributed by atoms with Gasteiger partial charge in [0.05, 0.1) is 16.3 Å². The van der Waals surface area contributed by atoms with Crippen LogP contribution in [0, 0.1) is 11.6 Å². The number of carbonyl (C=O) groups is 1. The Morgan fingerprint density at radius 2 is 1.95 bits per heavy atom. The normalized spacial score (nSPS) is 10.5. The molecule has 0 saturated carbocycles. The SMILES string of the molecule is CN(Cc1ccc(F)c(F)c1)C(=O)c1cccc(N)c1Cl. The fourth-order valence-corrected chi connectivity index (χ4v) is 2.11. The number of amides is 1. The molecule has 0 atom stereocenters.